The van der Waals surface area contributed by atoms with Gasteiger partial charge in [0.2, 0.25) is 5.91 Å². The van der Waals surface area contributed by atoms with Crippen molar-refractivity contribution in [1.29, 1.82) is 0 Å². The van der Waals surface area contributed by atoms with Crippen LogP contribution in [0.5, 0.6) is 11.5 Å². The minimum atomic E-state index is -0.379. The molecule has 3 aromatic rings. The number of ether oxygens (including phenoxy) is 3. The quantitative estimate of drug-likeness (QED) is 0.385. The second-order valence-electron chi connectivity index (χ2n) is 8.69. The monoisotopic (exact) mass is 491 g/mol. The van der Waals surface area contributed by atoms with Crippen molar-refractivity contribution in [2.75, 3.05) is 19.7 Å². The topological polar surface area (TPSA) is 65.1 Å². The van der Waals surface area contributed by atoms with E-state index in [1.54, 1.807) is 31.2 Å². The molecule has 1 saturated heterocycles. The normalized spacial score (nSPS) is 13.8. The van der Waals surface area contributed by atoms with Crippen LogP contribution in [0.25, 0.3) is 0 Å². The Labute approximate surface area is 210 Å². The van der Waals surface area contributed by atoms with Crippen LogP contribution >= 0.6 is 0 Å². The molecule has 1 fully saturated rings. The van der Waals surface area contributed by atoms with Crippen LogP contribution in [0, 0.1) is 5.82 Å². The van der Waals surface area contributed by atoms with Crippen LogP contribution in [-0.4, -0.2) is 42.6 Å². The van der Waals surface area contributed by atoms with E-state index in [1.807, 2.05) is 41.3 Å². The van der Waals surface area contributed by atoms with E-state index in [1.165, 1.54) is 12.1 Å². The molecular weight excluding hydrogens is 461 g/mol. The molecule has 0 N–H and O–H groups in total. The standard InChI is InChI=1S/C29H30FNO5/c1-2-34-29(33)23-7-3-5-21(17-23)19-28(32)31-15-13-27(14-16-31)36-26-11-9-25(10-12-26)35-20-22-6-4-8-24(30)18-22/h3-12,17-18,27H,2,13-16,19-20H2,1H3. The number of esters is 1. The van der Waals surface area contributed by atoms with Gasteiger partial charge < -0.3 is 19.1 Å². The SMILES string of the molecule is CCOC(=O)c1cccc(CC(=O)N2CCC(Oc3ccc(OCc4cccc(F)c4)cc3)CC2)c1. The summed E-state index contributed by atoms with van der Waals surface area (Å²) in [7, 11) is 0. The van der Waals surface area contributed by atoms with Gasteiger partial charge in [-0.3, -0.25) is 4.79 Å². The van der Waals surface area contributed by atoms with E-state index in [0.29, 0.717) is 31.0 Å². The zero-order valence-electron chi connectivity index (χ0n) is 20.3. The number of nitrogens with zero attached hydrogens (tertiary/aromatic N) is 1. The molecule has 0 aromatic heterocycles. The van der Waals surface area contributed by atoms with Crippen molar-refractivity contribution in [3.05, 3.63) is 95.3 Å². The lowest BCUT2D eigenvalue weighted by Gasteiger charge is -2.32. The van der Waals surface area contributed by atoms with Crippen LogP contribution in [0.2, 0.25) is 0 Å². The van der Waals surface area contributed by atoms with Crippen LogP contribution in [0.4, 0.5) is 4.39 Å². The number of piperidine rings is 1. The minimum Gasteiger partial charge on any atom is -0.490 e. The van der Waals surface area contributed by atoms with Crippen molar-refractivity contribution < 1.29 is 28.2 Å². The number of likely N-dealkylation sites (tertiary alicyclic amines) is 1. The Kier molecular flexibility index (Phi) is 8.55. The molecule has 1 amide bonds. The summed E-state index contributed by atoms with van der Waals surface area (Å²) in [6, 6.07) is 20.7. The average Bonchev–Trinajstić information content (AvgIpc) is 2.89. The maximum atomic E-state index is 13.3. The number of amides is 1. The number of hydrogen-bond acceptors (Lipinski definition) is 5. The molecule has 0 aliphatic carbocycles. The Hall–Kier alpha value is -3.87. The highest BCUT2D eigenvalue weighted by molar-refractivity contribution is 5.90. The molecule has 0 radical (unpaired) electrons. The number of benzene rings is 3. The summed E-state index contributed by atoms with van der Waals surface area (Å²) in [5.74, 6) is 0.800. The third-order valence-corrected chi connectivity index (χ3v) is 6.01. The molecule has 1 aliphatic rings. The van der Waals surface area contributed by atoms with Crippen LogP contribution in [0.15, 0.2) is 72.8 Å². The lowest BCUT2D eigenvalue weighted by Crippen LogP contribution is -2.42. The number of carbonyl (C=O) groups is 2. The third-order valence-electron chi connectivity index (χ3n) is 6.01. The molecule has 188 valence electrons. The fourth-order valence-corrected chi connectivity index (χ4v) is 4.13. The van der Waals surface area contributed by atoms with E-state index in [0.717, 1.165) is 29.7 Å². The number of halogens is 1. The van der Waals surface area contributed by atoms with E-state index < -0.39 is 0 Å². The first-order valence-electron chi connectivity index (χ1n) is 12.2. The number of rotatable bonds is 9. The maximum absolute atomic E-state index is 13.3. The molecule has 3 aromatic carbocycles. The Morgan fingerprint density at radius 1 is 0.917 bits per heavy atom. The van der Waals surface area contributed by atoms with Crippen molar-refractivity contribution in [3.63, 3.8) is 0 Å². The predicted molar refractivity (Wildman–Crippen MR) is 134 cm³/mol. The second kappa shape index (κ2) is 12.2. The first kappa shape index (κ1) is 25.2. The van der Waals surface area contributed by atoms with Gasteiger partial charge in [0.05, 0.1) is 18.6 Å². The molecule has 36 heavy (non-hydrogen) atoms. The highest BCUT2D eigenvalue weighted by Gasteiger charge is 2.24. The molecule has 1 heterocycles. The lowest BCUT2D eigenvalue weighted by atomic mass is 10.0. The average molecular weight is 492 g/mol. The van der Waals surface area contributed by atoms with Gasteiger partial charge in [0.1, 0.15) is 30.0 Å². The van der Waals surface area contributed by atoms with E-state index in [4.69, 9.17) is 14.2 Å². The highest BCUT2D eigenvalue weighted by Crippen LogP contribution is 2.23. The fraction of sp³-hybridized carbons (Fsp3) is 0.310. The summed E-state index contributed by atoms with van der Waals surface area (Å²) in [6.07, 6.45) is 1.76. The molecular formula is C29H30FNO5. The molecule has 1 aliphatic heterocycles. The van der Waals surface area contributed by atoms with Crippen molar-refractivity contribution in [2.45, 2.75) is 38.9 Å². The van der Waals surface area contributed by atoms with Gasteiger partial charge >= 0.3 is 5.97 Å². The smallest absolute Gasteiger partial charge is 0.338 e. The van der Waals surface area contributed by atoms with Gasteiger partial charge in [0.15, 0.2) is 0 Å². The Morgan fingerprint density at radius 2 is 1.61 bits per heavy atom. The molecule has 0 spiro atoms. The summed E-state index contributed by atoms with van der Waals surface area (Å²) in [6.45, 7) is 3.61. The largest absolute Gasteiger partial charge is 0.490 e. The molecule has 0 unspecified atom stereocenters. The van der Waals surface area contributed by atoms with Crippen molar-refractivity contribution >= 4 is 11.9 Å². The fourth-order valence-electron chi connectivity index (χ4n) is 4.13. The number of hydrogen-bond donors (Lipinski definition) is 0. The van der Waals surface area contributed by atoms with E-state index >= 15 is 0 Å². The van der Waals surface area contributed by atoms with Gasteiger partial charge in [-0.1, -0.05) is 24.3 Å². The molecule has 4 rings (SSSR count). The molecule has 0 saturated carbocycles. The van der Waals surface area contributed by atoms with E-state index in [9.17, 15) is 14.0 Å². The molecule has 6 nitrogen and oxygen atoms in total. The summed E-state index contributed by atoms with van der Waals surface area (Å²) in [4.78, 5) is 26.6. The van der Waals surface area contributed by atoms with Gasteiger partial charge in [-0.25, -0.2) is 9.18 Å². The van der Waals surface area contributed by atoms with Gasteiger partial charge in [0.25, 0.3) is 0 Å². The highest BCUT2D eigenvalue weighted by atomic mass is 19.1. The Morgan fingerprint density at radius 3 is 2.33 bits per heavy atom. The first-order chi connectivity index (χ1) is 17.5. The maximum Gasteiger partial charge on any atom is 0.338 e. The Bertz CT molecular complexity index is 1170. The Balaban J connectivity index is 1.22. The summed E-state index contributed by atoms with van der Waals surface area (Å²) < 4.78 is 30.2. The lowest BCUT2D eigenvalue weighted by molar-refractivity contribution is -0.132. The summed E-state index contributed by atoms with van der Waals surface area (Å²) in [5, 5.41) is 0. The second-order valence-corrected chi connectivity index (χ2v) is 8.69. The van der Waals surface area contributed by atoms with Crippen molar-refractivity contribution in [2.24, 2.45) is 0 Å². The van der Waals surface area contributed by atoms with E-state index in [2.05, 4.69) is 0 Å². The molecule has 0 atom stereocenters. The van der Waals surface area contributed by atoms with Crippen molar-refractivity contribution in [1.82, 2.24) is 4.90 Å². The zero-order chi connectivity index (χ0) is 25.3. The van der Waals surface area contributed by atoms with Gasteiger partial charge in [0, 0.05) is 25.9 Å². The van der Waals surface area contributed by atoms with Crippen LogP contribution in [0.1, 0.15) is 41.3 Å². The minimum absolute atomic E-state index is 0.0280. The van der Waals surface area contributed by atoms with Crippen LogP contribution in [0.3, 0.4) is 0 Å². The molecule has 7 heteroatoms. The third kappa shape index (κ3) is 7.07. The van der Waals surface area contributed by atoms with Crippen molar-refractivity contribution in [3.8, 4) is 11.5 Å². The van der Waals surface area contributed by atoms with Crippen LogP contribution in [-0.2, 0) is 22.6 Å². The summed E-state index contributed by atoms with van der Waals surface area (Å²) >= 11 is 0. The van der Waals surface area contributed by atoms with Gasteiger partial charge in [-0.05, 0) is 66.6 Å². The van der Waals surface area contributed by atoms with Crippen LogP contribution < -0.4 is 9.47 Å². The summed E-state index contributed by atoms with van der Waals surface area (Å²) in [5.41, 5.74) is 2.02. The van der Waals surface area contributed by atoms with E-state index in [-0.39, 0.29) is 36.8 Å². The van der Waals surface area contributed by atoms with Gasteiger partial charge in [-0.2, -0.15) is 0 Å². The number of carbonyl (C=O) groups excluding carboxylic acids is 2. The van der Waals surface area contributed by atoms with Gasteiger partial charge in [-0.15, -0.1) is 0 Å². The zero-order valence-corrected chi connectivity index (χ0v) is 20.3. The predicted octanol–water partition coefficient (Wildman–Crippen LogP) is 5.19. The first-order valence-corrected chi connectivity index (χ1v) is 12.2. The molecule has 0 bridgehead atoms.